The lowest BCUT2D eigenvalue weighted by Gasteiger charge is -2.08. The van der Waals surface area contributed by atoms with Crippen LogP contribution in [0.25, 0.3) is 0 Å². The van der Waals surface area contributed by atoms with E-state index in [1.807, 2.05) is 33.2 Å². The molecule has 0 saturated carbocycles. The van der Waals surface area contributed by atoms with Crippen molar-refractivity contribution in [2.75, 3.05) is 28.2 Å². The average molecular weight is 130 g/mol. The molecule has 0 atom stereocenters. The van der Waals surface area contributed by atoms with Crippen molar-refractivity contribution < 1.29 is 0 Å². The molecule has 1 N–H and O–H groups in total. The van der Waals surface area contributed by atoms with Gasteiger partial charge in [-0.15, -0.1) is 0 Å². The minimum atomic E-state index is 1.62. The molecule has 0 spiro atoms. The summed E-state index contributed by atoms with van der Waals surface area (Å²) in [6, 6.07) is 0. The summed E-state index contributed by atoms with van der Waals surface area (Å²) in [6.07, 6.45) is 1.62. The summed E-state index contributed by atoms with van der Waals surface area (Å²) in [5.74, 6) is 0. The Bertz CT molecular complexity index is 87.0. The van der Waals surface area contributed by atoms with Crippen LogP contribution in [0.2, 0.25) is 0 Å². The van der Waals surface area contributed by atoms with Gasteiger partial charge in [-0.2, -0.15) is 5.10 Å². The van der Waals surface area contributed by atoms with Crippen molar-refractivity contribution in [3.8, 4) is 0 Å². The van der Waals surface area contributed by atoms with E-state index in [0.717, 1.165) is 0 Å². The van der Waals surface area contributed by atoms with Crippen molar-refractivity contribution in [2.45, 2.75) is 0 Å². The molecule has 0 aliphatic carbocycles. The second-order valence-corrected chi connectivity index (χ2v) is 2.12. The van der Waals surface area contributed by atoms with Gasteiger partial charge in [0.1, 0.15) is 6.34 Å². The normalized spacial score (nSPS) is 10.8. The number of rotatable bonds is 3. The highest BCUT2D eigenvalue weighted by molar-refractivity contribution is 5.52. The van der Waals surface area contributed by atoms with Crippen LogP contribution in [-0.2, 0) is 0 Å². The Kier molecular flexibility index (Phi) is 3.79. The van der Waals surface area contributed by atoms with E-state index in [1.54, 1.807) is 11.3 Å². The smallest absolute Gasteiger partial charge is 0.123 e. The molecular weight excluding hydrogens is 116 g/mol. The molecule has 0 heterocycles. The van der Waals surface area contributed by atoms with Gasteiger partial charge in [-0.3, -0.25) is 0 Å². The van der Waals surface area contributed by atoms with Gasteiger partial charge in [0.25, 0.3) is 0 Å². The number of hydrazine groups is 1. The van der Waals surface area contributed by atoms with Crippen LogP contribution in [0.15, 0.2) is 5.10 Å². The van der Waals surface area contributed by atoms with Crippen molar-refractivity contribution in [3.63, 3.8) is 0 Å². The molecule has 0 saturated heterocycles. The van der Waals surface area contributed by atoms with Gasteiger partial charge in [0.2, 0.25) is 0 Å². The van der Waals surface area contributed by atoms with E-state index in [-0.39, 0.29) is 0 Å². The molecule has 0 aromatic heterocycles. The predicted octanol–water partition coefficient (Wildman–Crippen LogP) is -0.442. The van der Waals surface area contributed by atoms with Gasteiger partial charge in [-0.25, -0.2) is 5.01 Å². The van der Waals surface area contributed by atoms with Gasteiger partial charge in [0, 0.05) is 28.2 Å². The molecule has 0 radical (unpaired) electrons. The molecule has 0 bridgehead atoms. The fraction of sp³-hybridized carbons (Fsp3) is 0.800. The second kappa shape index (κ2) is 4.14. The molecular formula is C5H14N4. The molecule has 4 nitrogen and oxygen atoms in total. The van der Waals surface area contributed by atoms with Crippen molar-refractivity contribution in [2.24, 2.45) is 5.10 Å². The molecule has 9 heavy (non-hydrogen) atoms. The molecule has 4 heteroatoms. The highest BCUT2D eigenvalue weighted by Gasteiger charge is 1.78. The van der Waals surface area contributed by atoms with E-state index in [1.165, 1.54) is 0 Å². The number of nitrogens with zero attached hydrogens (tertiary/aromatic N) is 3. The lowest BCUT2D eigenvalue weighted by atomic mass is 11.1. The maximum absolute atomic E-state index is 3.92. The van der Waals surface area contributed by atoms with E-state index in [2.05, 4.69) is 10.5 Å². The zero-order valence-electron chi connectivity index (χ0n) is 6.42. The van der Waals surface area contributed by atoms with Gasteiger partial charge in [0.15, 0.2) is 0 Å². The van der Waals surface area contributed by atoms with Crippen LogP contribution in [0, 0.1) is 0 Å². The van der Waals surface area contributed by atoms with E-state index in [9.17, 15) is 0 Å². The number of nitrogens with one attached hydrogen (secondary N) is 1. The third kappa shape index (κ3) is 7.23. The van der Waals surface area contributed by atoms with Crippen LogP contribution >= 0.6 is 0 Å². The largest absolute Gasteiger partial charge is 0.308 e. The highest BCUT2D eigenvalue weighted by Crippen LogP contribution is 1.68. The SMILES string of the molecule is CN(C)N=CNN(C)C. The first kappa shape index (κ1) is 8.23. The first-order valence-electron chi connectivity index (χ1n) is 2.76. The van der Waals surface area contributed by atoms with Crippen LogP contribution in [0.4, 0.5) is 0 Å². The van der Waals surface area contributed by atoms with Crippen LogP contribution in [0.3, 0.4) is 0 Å². The Morgan fingerprint density at radius 2 is 1.78 bits per heavy atom. The molecule has 0 unspecified atom stereocenters. The zero-order valence-corrected chi connectivity index (χ0v) is 6.42. The third-order valence-electron chi connectivity index (χ3n) is 0.605. The topological polar surface area (TPSA) is 30.9 Å². The third-order valence-corrected chi connectivity index (χ3v) is 0.605. The number of hydrazone groups is 1. The predicted molar refractivity (Wildman–Crippen MR) is 39.0 cm³/mol. The van der Waals surface area contributed by atoms with E-state index in [0.29, 0.717) is 0 Å². The molecule has 54 valence electrons. The molecule has 0 amide bonds. The Morgan fingerprint density at radius 3 is 2.11 bits per heavy atom. The number of hydrogen-bond donors (Lipinski definition) is 1. The summed E-state index contributed by atoms with van der Waals surface area (Å²) in [6.45, 7) is 0. The molecule has 0 aliphatic rings. The standard InChI is InChI=1S/C5H14N4/c1-8(2)6-5-7-9(3)4/h5H,1-4H3,(H,6,7). The van der Waals surface area contributed by atoms with Gasteiger partial charge in [-0.1, -0.05) is 0 Å². The van der Waals surface area contributed by atoms with Gasteiger partial charge in [0.05, 0.1) is 0 Å². The summed E-state index contributed by atoms with van der Waals surface area (Å²) >= 11 is 0. The lowest BCUT2D eigenvalue weighted by molar-refractivity contribution is 0.358. The van der Waals surface area contributed by atoms with Gasteiger partial charge < -0.3 is 10.4 Å². The fourth-order valence-corrected chi connectivity index (χ4v) is 0.257. The first-order valence-corrected chi connectivity index (χ1v) is 2.76. The van der Waals surface area contributed by atoms with E-state index < -0.39 is 0 Å². The Labute approximate surface area is 56.1 Å². The van der Waals surface area contributed by atoms with Crippen molar-refractivity contribution in [1.82, 2.24) is 15.4 Å². The molecule has 0 fully saturated rings. The second-order valence-electron chi connectivity index (χ2n) is 2.12. The van der Waals surface area contributed by atoms with Crippen LogP contribution in [-0.4, -0.2) is 44.5 Å². The van der Waals surface area contributed by atoms with E-state index >= 15 is 0 Å². The van der Waals surface area contributed by atoms with Crippen LogP contribution in [0.1, 0.15) is 0 Å². The molecule has 0 aromatic rings. The monoisotopic (exact) mass is 130 g/mol. The average Bonchev–Trinajstić information content (AvgIpc) is 1.63. The van der Waals surface area contributed by atoms with Crippen molar-refractivity contribution >= 4 is 6.34 Å². The Balaban J connectivity index is 3.25. The highest BCUT2D eigenvalue weighted by atomic mass is 15.5. The van der Waals surface area contributed by atoms with Crippen molar-refractivity contribution in [1.29, 1.82) is 0 Å². The zero-order chi connectivity index (χ0) is 7.28. The van der Waals surface area contributed by atoms with Crippen LogP contribution < -0.4 is 5.43 Å². The van der Waals surface area contributed by atoms with Gasteiger partial charge >= 0.3 is 0 Å². The maximum Gasteiger partial charge on any atom is 0.123 e. The molecule has 0 aromatic carbocycles. The minimum Gasteiger partial charge on any atom is -0.308 e. The maximum atomic E-state index is 3.92. The van der Waals surface area contributed by atoms with Gasteiger partial charge in [-0.05, 0) is 0 Å². The Morgan fingerprint density at radius 1 is 1.22 bits per heavy atom. The van der Waals surface area contributed by atoms with Crippen molar-refractivity contribution in [3.05, 3.63) is 0 Å². The first-order chi connectivity index (χ1) is 4.13. The lowest BCUT2D eigenvalue weighted by Crippen LogP contribution is -2.29. The Hall–Kier alpha value is -0.770. The van der Waals surface area contributed by atoms with Crippen LogP contribution in [0.5, 0.6) is 0 Å². The molecule has 0 rings (SSSR count). The summed E-state index contributed by atoms with van der Waals surface area (Å²) in [4.78, 5) is 0. The minimum absolute atomic E-state index is 1.62. The fourth-order valence-electron chi connectivity index (χ4n) is 0.257. The number of hydrogen-bond acceptors (Lipinski definition) is 3. The quantitative estimate of drug-likeness (QED) is 0.319. The summed E-state index contributed by atoms with van der Waals surface area (Å²) < 4.78 is 0. The summed E-state index contributed by atoms with van der Waals surface area (Å²) in [7, 11) is 7.55. The molecule has 0 aliphatic heterocycles. The summed E-state index contributed by atoms with van der Waals surface area (Å²) in [5, 5.41) is 7.45. The summed E-state index contributed by atoms with van der Waals surface area (Å²) in [5.41, 5.74) is 2.88. The van der Waals surface area contributed by atoms with E-state index in [4.69, 9.17) is 0 Å².